The van der Waals surface area contributed by atoms with Crippen LogP contribution < -0.4 is 0 Å². The van der Waals surface area contributed by atoms with E-state index in [0.29, 0.717) is 0 Å². The van der Waals surface area contributed by atoms with Gasteiger partial charge in [0, 0.05) is 23.9 Å². The fourth-order valence-corrected chi connectivity index (χ4v) is 5.25. The first-order valence-corrected chi connectivity index (χ1v) is 7.54. The number of halogens is 1. The third-order valence-electron chi connectivity index (χ3n) is 4.68. The maximum atomic E-state index is 13.6. The lowest BCUT2D eigenvalue weighted by molar-refractivity contribution is 0.165. The van der Waals surface area contributed by atoms with E-state index in [-0.39, 0.29) is 5.54 Å². The van der Waals surface area contributed by atoms with Gasteiger partial charge in [0.15, 0.2) is 0 Å². The highest BCUT2D eigenvalue weighted by atomic mass is 32.2. The van der Waals surface area contributed by atoms with Crippen LogP contribution in [0.1, 0.15) is 32.1 Å². The first-order valence-electron chi connectivity index (χ1n) is 6.15. The molecular formula is C12H20FNS. The summed E-state index contributed by atoms with van der Waals surface area (Å²) in [6.45, 7) is 0.724. The second-order valence-corrected chi connectivity index (χ2v) is 6.44. The van der Waals surface area contributed by atoms with Gasteiger partial charge in [0.25, 0.3) is 0 Å². The lowest BCUT2D eigenvalue weighted by Crippen LogP contribution is -2.44. The van der Waals surface area contributed by atoms with Gasteiger partial charge >= 0.3 is 0 Å². The summed E-state index contributed by atoms with van der Waals surface area (Å²) in [5, 5.41) is 0. The standard InChI is InChI=1S/C12H20FNS/c1-15-8-12-5-9-3-2-4-11(9)14(12)7-10(13)6-12/h9-11H,2-8H2,1H3. The van der Waals surface area contributed by atoms with Crippen molar-refractivity contribution < 1.29 is 4.39 Å². The summed E-state index contributed by atoms with van der Waals surface area (Å²) in [7, 11) is 0. The van der Waals surface area contributed by atoms with Crippen LogP contribution in [0, 0.1) is 5.92 Å². The average molecular weight is 229 g/mol. The molecule has 0 aromatic heterocycles. The largest absolute Gasteiger partial charge is 0.291 e. The maximum absolute atomic E-state index is 13.6. The monoisotopic (exact) mass is 229 g/mol. The quantitative estimate of drug-likeness (QED) is 0.716. The minimum absolute atomic E-state index is 0.245. The fourth-order valence-electron chi connectivity index (χ4n) is 4.31. The molecule has 0 spiro atoms. The molecule has 1 saturated carbocycles. The van der Waals surface area contributed by atoms with Crippen LogP contribution in [0.3, 0.4) is 0 Å². The van der Waals surface area contributed by atoms with Crippen molar-refractivity contribution in [2.45, 2.75) is 49.9 Å². The van der Waals surface area contributed by atoms with Gasteiger partial charge in [0.1, 0.15) is 6.17 Å². The van der Waals surface area contributed by atoms with E-state index in [1.165, 1.54) is 25.7 Å². The number of rotatable bonds is 2. The van der Waals surface area contributed by atoms with Crippen molar-refractivity contribution in [2.24, 2.45) is 5.92 Å². The number of alkyl halides is 1. The van der Waals surface area contributed by atoms with Gasteiger partial charge in [-0.15, -0.1) is 0 Å². The zero-order valence-electron chi connectivity index (χ0n) is 9.42. The van der Waals surface area contributed by atoms with Crippen molar-refractivity contribution in [3.8, 4) is 0 Å². The normalized spacial score (nSPS) is 49.6. The van der Waals surface area contributed by atoms with Gasteiger partial charge in [-0.3, -0.25) is 4.90 Å². The summed E-state index contributed by atoms with van der Waals surface area (Å²) >= 11 is 1.90. The molecule has 0 radical (unpaired) electrons. The number of thioether (sulfide) groups is 1. The van der Waals surface area contributed by atoms with Crippen LogP contribution in [-0.4, -0.2) is 41.2 Å². The summed E-state index contributed by atoms with van der Waals surface area (Å²) in [6.07, 6.45) is 7.78. The molecule has 3 rings (SSSR count). The molecule has 4 unspecified atom stereocenters. The van der Waals surface area contributed by atoms with Crippen LogP contribution in [0.5, 0.6) is 0 Å². The number of fused-ring (bicyclic) bond motifs is 3. The molecule has 3 aliphatic rings. The maximum Gasteiger partial charge on any atom is 0.115 e. The third kappa shape index (κ3) is 1.46. The molecule has 3 fully saturated rings. The number of hydrogen-bond donors (Lipinski definition) is 0. The second kappa shape index (κ2) is 3.63. The van der Waals surface area contributed by atoms with E-state index in [1.807, 2.05) is 11.8 Å². The Morgan fingerprint density at radius 2 is 2.27 bits per heavy atom. The highest BCUT2D eigenvalue weighted by Crippen LogP contribution is 2.52. The number of hydrogen-bond acceptors (Lipinski definition) is 2. The minimum Gasteiger partial charge on any atom is -0.291 e. The van der Waals surface area contributed by atoms with E-state index in [2.05, 4.69) is 11.2 Å². The van der Waals surface area contributed by atoms with Gasteiger partial charge in [-0.25, -0.2) is 4.39 Å². The molecule has 2 saturated heterocycles. The van der Waals surface area contributed by atoms with Crippen molar-refractivity contribution in [2.75, 3.05) is 18.6 Å². The predicted octanol–water partition coefficient (Wildman–Crippen LogP) is 2.70. The van der Waals surface area contributed by atoms with Gasteiger partial charge < -0.3 is 0 Å². The molecule has 0 aromatic rings. The summed E-state index contributed by atoms with van der Waals surface area (Å²) < 4.78 is 13.6. The molecule has 0 aromatic carbocycles. The van der Waals surface area contributed by atoms with Crippen molar-refractivity contribution in [1.29, 1.82) is 0 Å². The predicted molar refractivity (Wildman–Crippen MR) is 63.1 cm³/mol. The SMILES string of the molecule is CSCC12CC(F)CN1C1CCCC1C2. The van der Waals surface area contributed by atoms with Gasteiger partial charge in [0.2, 0.25) is 0 Å². The molecule has 4 atom stereocenters. The van der Waals surface area contributed by atoms with Gasteiger partial charge in [-0.05, 0) is 37.9 Å². The first kappa shape index (κ1) is 10.4. The van der Waals surface area contributed by atoms with E-state index in [9.17, 15) is 4.39 Å². The first-order chi connectivity index (χ1) is 7.25. The van der Waals surface area contributed by atoms with Crippen LogP contribution in [0.25, 0.3) is 0 Å². The molecule has 0 amide bonds. The van der Waals surface area contributed by atoms with E-state index >= 15 is 0 Å². The Bertz CT molecular complexity index is 260. The zero-order valence-corrected chi connectivity index (χ0v) is 10.2. The van der Waals surface area contributed by atoms with Crippen LogP contribution in [-0.2, 0) is 0 Å². The van der Waals surface area contributed by atoms with Crippen LogP contribution in [0.4, 0.5) is 4.39 Å². The molecule has 2 heterocycles. The van der Waals surface area contributed by atoms with Crippen LogP contribution in [0.15, 0.2) is 0 Å². The van der Waals surface area contributed by atoms with E-state index in [1.54, 1.807) is 0 Å². The molecule has 15 heavy (non-hydrogen) atoms. The lowest BCUT2D eigenvalue weighted by atomic mass is 9.90. The lowest BCUT2D eigenvalue weighted by Gasteiger charge is -2.33. The van der Waals surface area contributed by atoms with Gasteiger partial charge in [-0.2, -0.15) is 11.8 Å². The molecule has 86 valence electrons. The molecule has 2 aliphatic heterocycles. The van der Waals surface area contributed by atoms with E-state index < -0.39 is 6.17 Å². The van der Waals surface area contributed by atoms with Crippen LogP contribution >= 0.6 is 11.8 Å². The molecule has 3 heteroatoms. The van der Waals surface area contributed by atoms with Crippen LogP contribution in [0.2, 0.25) is 0 Å². The topological polar surface area (TPSA) is 3.24 Å². The Morgan fingerprint density at radius 1 is 1.40 bits per heavy atom. The summed E-state index contributed by atoms with van der Waals surface area (Å²) in [5.74, 6) is 2.03. The smallest absolute Gasteiger partial charge is 0.115 e. The van der Waals surface area contributed by atoms with Crippen molar-refractivity contribution in [3.63, 3.8) is 0 Å². The Morgan fingerprint density at radius 3 is 3.07 bits per heavy atom. The molecule has 0 bridgehead atoms. The third-order valence-corrected chi connectivity index (χ3v) is 5.51. The molecular weight excluding hydrogens is 209 g/mol. The molecule has 1 aliphatic carbocycles. The highest BCUT2D eigenvalue weighted by molar-refractivity contribution is 7.98. The zero-order chi connectivity index (χ0) is 10.5. The van der Waals surface area contributed by atoms with Crippen molar-refractivity contribution >= 4 is 11.8 Å². The van der Waals surface area contributed by atoms with E-state index in [4.69, 9.17) is 0 Å². The highest BCUT2D eigenvalue weighted by Gasteiger charge is 2.57. The second-order valence-electron chi connectivity index (χ2n) is 5.57. The van der Waals surface area contributed by atoms with Gasteiger partial charge in [0.05, 0.1) is 0 Å². The number of nitrogens with zero attached hydrogens (tertiary/aromatic N) is 1. The summed E-state index contributed by atoms with van der Waals surface area (Å²) in [4.78, 5) is 2.55. The Balaban J connectivity index is 1.85. The molecule has 1 nitrogen and oxygen atoms in total. The van der Waals surface area contributed by atoms with Gasteiger partial charge in [-0.1, -0.05) is 6.42 Å². The Kier molecular flexibility index (Phi) is 2.51. The molecule has 0 N–H and O–H groups in total. The Labute approximate surface area is 95.8 Å². The average Bonchev–Trinajstić information content (AvgIpc) is 2.75. The van der Waals surface area contributed by atoms with E-state index in [0.717, 1.165) is 30.7 Å². The Hall–Kier alpha value is 0.240. The van der Waals surface area contributed by atoms with Crippen molar-refractivity contribution in [3.05, 3.63) is 0 Å². The summed E-state index contributed by atoms with van der Waals surface area (Å²) in [5.41, 5.74) is 0.245. The van der Waals surface area contributed by atoms with Crippen molar-refractivity contribution in [1.82, 2.24) is 4.90 Å². The fraction of sp³-hybridized carbons (Fsp3) is 1.00. The summed E-state index contributed by atoms with van der Waals surface area (Å²) in [6, 6.07) is 0.734. The minimum atomic E-state index is -0.557.